The quantitative estimate of drug-likeness (QED) is 0.639. The molecule has 0 atom stereocenters. The summed E-state index contributed by atoms with van der Waals surface area (Å²) < 4.78 is 5.07. The Balaban J connectivity index is 0.000000223. The summed E-state index contributed by atoms with van der Waals surface area (Å²) in [6, 6.07) is 0. The fourth-order valence-electron chi connectivity index (χ4n) is 0.811. The molecule has 0 aromatic rings. The predicted molar refractivity (Wildman–Crippen MR) is 51.7 cm³/mol. The van der Waals surface area contributed by atoms with Gasteiger partial charge in [0, 0.05) is 18.8 Å². The number of allylic oxidation sites excluding steroid dienone is 1. The molecule has 13 heavy (non-hydrogen) atoms. The molecule has 1 N–H and O–H groups in total. The highest BCUT2D eigenvalue weighted by Crippen LogP contribution is 2.02. The summed E-state index contributed by atoms with van der Waals surface area (Å²) in [6.45, 7) is 5.26. The van der Waals surface area contributed by atoms with Crippen molar-refractivity contribution >= 4 is 5.97 Å². The highest BCUT2D eigenvalue weighted by Gasteiger charge is 1.95. The number of rotatable bonds is 1. The second kappa shape index (κ2) is 7.80. The van der Waals surface area contributed by atoms with Crippen LogP contribution in [-0.4, -0.2) is 24.3 Å². The molecule has 1 rings (SSSR count). The molecule has 1 saturated heterocycles. The Labute approximate surface area is 79.4 Å². The summed E-state index contributed by atoms with van der Waals surface area (Å²) in [5.41, 5.74) is 0.389. The molecule has 3 heteroatoms. The van der Waals surface area contributed by atoms with Crippen molar-refractivity contribution in [2.75, 3.05) is 13.2 Å². The lowest BCUT2D eigenvalue weighted by Gasteiger charge is -2.08. The van der Waals surface area contributed by atoms with E-state index in [1.807, 2.05) is 0 Å². The van der Waals surface area contributed by atoms with Crippen molar-refractivity contribution < 1.29 is 14.6 Å². The van der Waals surface area contributed by atoms with Gasteiger partial charge in [-0.2, -0.15) is 0 Å². The Morgan fingerprint density at radius 2 is 1.85 bits per heavy atom. The SMILES string of the molecule is C1CCOCC1.CC=C(C)C(=O)O. The van der Waals surface area contributed by atoms with Crippen LogP contribution in [0.5, 0.6) is 0 Å². The molecule has 0 radical (unpaired) electrons. The van der Waals surface area contributed by atoms with Gasteiger partial charge in [-0.05, 0) is 33.1 Å². The van der Waals surface area contributed by atoms with Crippen LogP contribution >= 0.6 is 0 Å². The monoisotopic (exact) mass is 186 g/mol. The zero-order valence-electron chi connectivity index (χ0n) is 8.38. The normalized spacial score (nSPS) is 17.2. The van der Waals surface area contributed by atoms with Gasteiger partial charge in [0.1, 0.15) is 0 Å². The van der Waals surface area contributed by atoms with Gasteiger partial charge >= 0.3 is 5.97 Å². The number of carboxylic acids is 1. The minimum absolute atomic E-state index is 0.389. The molecule has 0 aromatic carbocycles. The second-order valence-electron chi connectivity index (χ2n) is 2.95. The van der Waals surface area contributed by atoms with Crippen LogP contribution in [0.25, 0.3) is 0 Å². The van der Waals surface area contributed by atoms with Crippen molar-refractivity contribution in [2.24, 2.45) is 0 Å². The maximum absolute atomic E-state index is 9.86. The van der Waals surface area contributed by atoms with E-state index in [9.17, 15) is 4.79 Å². The summed E-state index contributed by atoms with van der Waals surface area (Å²) >= 11 is 0. The third kappa shape index (κ3) is 7.53. The van der Waals surface area contributed by atoms with Crippen LogP contribution in [0.1, 0.15) is 33.1 Å². The van der Waals surface area contributed by atoms with E-state index < -0.39 is 5.97 Å². The Bertz CT molecular complexity index is 157. The van der Waals surface area contributed by atoms with Crippen molar-refractivity contribution in [3.05, 3.63) is 11.6 Å². The summed E-state index contributed by atoms with van der Waals surface area (Å²) in [7, 11) is 0. The zero-order valence-corrected chi connectivity index (χ0v) is 8.38. The minimum atomic E-state index is -0.845. The van der Waals surface area contributed by atoms with E-state index in [2.05, 4.69) is 0 Å². The second-order valence-corrected chi connectivity index (χ2v) is 2.95. The topological polar surface area (TPSA) is 46.5 Å². The van der Waals surface area contributed by atoms with Crippen LogP contribution in [-0.2, 0) is 9.53 Å². The van der Waals surface area contributed by atoms with Crippen LogP contribution < -0.4 is 0 Å². The first-order chi connectivity index (χ1) is 6.18. The molecule has 1 aliphatic rings. The van der Waals surface area contributed by atoms with Crippen LogP contribution in [0.2, 0.25) is 0 Å². The molecule has 0 amide bonds. The van der Waals surface area contributed by atoms with E-state index in [1.165, 1.54) is 19.3 Å². The number of ether oxygens (including phenoxy) is 1. The highest BCUT2D eigenvalue weighted by atomic mass is 16.5. The van der Waals surface area contributed by atoms with Crippen molar-refractivity contribution in [2.45, 2.75) is 33.1 Å². The summed E-state index contributed by atoms with van der Waals surface area (Å²) in [4.78, 5) is 9.86. The smallest absolute Gasteiger partial charge is 0.330 e. The molecule has 0 saturated carbocycles. The van der Waals surface area contributed by atoms with Crippen molar-refractivity contribution in [1.29, 1.82) is 0 Å². The van der Waals surface area contributed by atoms with E-state index in [0.717, 1.165) is 13.2 Å². The maximum Gasteiger partial charge on any atom is 0.330 e. The van der Waals surface area contributed by atoms with Crippen molar-refractivity contribution in [1.82, 2.24) is 0 Å². The lowest BCUT2D eigenvalue weighted by Crippen LogP contribution is -2.03. The van der Waals surface area contributed by atoms with Crippen LogP contribution in [0, 0.1) is 0 Å². The van der Waals surface area contributed by atoms with Crippen LogP contribution in [0.4, 0.5) is 0 Å². The number of hydrogen-bond donors (Lipinski definition) is 1. The average Bonchev–Trinajstić information content (AvgIpc) is 2.20. The van der Waals surface area contributed by atoms with E-state index in [4.69, 9.17) is 9.84 Å². The molecule has 1 fully saturated rings. The standard InChI is InChI=1S/C5H8O2.C5H10O/c1-3-4(2)5(6)7;1-2-4-6-5-3-1/h3H,1-2H3,(H,6,7);1-5H2. The van der Waals surface area contributed by atoms with E-state index in [1.54, 1.807) is 19.9 Å². The van der Waals surface area contributed by atoms with Gasteiger partial charge in [0.2, 0.25) is 0 Å². The molecule has 0 aromatic heterocycles. The minimum Gasteiger partial charge on any atom is -0.478 e. The number of carboxylic acid groups (broad SMARTS) is 1. The fraction of sp³-hybridized carbons (Fsp3) is 0.700. The number of aliphatic carboxylic acids is 1. The summed E-state index contributed by atoms with van der Waals surface area (Å²) in [5, 5.41) is 8.11. The van der Waals surface area contributed by atoms with Gasteiger partial charge in [-0.25, -0.2) is 4.79 Å². The summed E-state index contributed by atoms with van der Waals surface area (Å²) in [6.07, 6.45) is 5.49. The Kier molecular flexibility index (Phi) is 7.30. The van der Waals surface area contributed by atoms with Crippen LogP contribution in [0.3, 0.4) is 0 Å². The molecule has 0 unspecified atom stereocenters. The maximum atomic E-state index is 9.86. The average molecular weight is 186 g/mol. The lowest BCUT2D eigenvalue weighted by atomic mass is 10.2. The lowest BCUT2D eigenvalue weighted by molar-refractivity contribution is -0.132. The number of hydrogen-bond acceptors (Lipinski definition) is 2. The number of carbonyl (C=O) groups is 1. The van der Waals surface area contributed by atoms with Gasteiger partial charge < -0.3 is 9.84 Å². The molecule has 76 valence electrons. The van der Waals surface area contributed by atoms with Gasteiger partial charge in [0.05, 0.1) is 0 Å². The molecule has 0 bridgehead atoms. The molecular weight excluding hydrogens is 168 g/mol. The van der Waals surface area contributed by atoms with E-state index in [-0.39, 0.29) is 0 Å². The van der Waals surface area contributed by atoms with Gasteiger partial charge in [-0.15, -0.1) is 0 Å². The first-order valence-electron chi connectivity index (χ1n) is 4.62. The first kappa shape index (κ1) is 12.2. The molecule has 3 nitrogen and oxygen atoms in total. The highest BCUT2D eigenvalue weighted by molar-refractivity contribution is 5.85. The van der Waals surface area contributed by atoms with Gasteiger partial charge in [0.25, 0.3) is 0 Å². The molecule has 0 spiro atoms. The van der Waals surface area contributed by atoms with Crippen molar-refractivity contribution in [3.8, 4) is 0 Å². The zero-order chi connectivity index (χ0) is 10.1. The molecule has 1 heterocycles. The van der Waals surface area contributed by atoms with E-state index >= 15 is 0 Å². The van der Waals surface area contributed by atoms with Crippen molar-refractivity contribution in [3.63, 3.8) is 0 Å². The largest absolute Gasteiger partial charge is 0.478 e. The molecular formula is C10H18O3. The third-order valence-electron chi connectivity index (χ3n) is 1.85. The van der Waals surface area contributed by atoms with Gasteiger partial charge in [-0.3, -0.25) is 0 Å². The van der Waals surface area contributed by atoms with Gasteiger partial charge in [0.15, 0.2) is 0 Å². The molecule has 0 aliphatic carbocycles. The first-order valence-corrected chi connectivity index (χ1v) is 4.62. The predicted octanol–water partition coefficient (Wildman–Crippen LogP) is 2.22. The third-order valence-corrected chi connectivity index (χ3v) is 1.85. The summed E-state index contributed by atoms with van der Waals surface area (Å²) in [5.74, 6) is -0.845. The fourth-order valence-corrected chi connectivity index (χ4v) is 0.811. The Morgan fingerprint density at radius 3 is 1.92 bits per heavy atom. The van der Waals surface area contributed by atoms with Gasteiger partial charge in [-0.1, -0.05) is 6.08 Å². The van der Waals surface area contributed by atoms with E-state index in [0.29, 0.717) is 5.57 Å². The Hall–Kier alpha value is -0.830. The van der Waals surface area contributed by atoms with Crippen LogP contribution in [0.15, 0.2) is 11.6 Å². The molecule has 1 aliphatic heterocycles. The Morgan fingerprint density at radius 1 is 1.31 bits per heavy atom.